The molecule has 0 bridgehead atoms. The number of benzene rings is 2. The highest BCUT2D eigenvalue weighted by molar-refractivity contribution is 5.97. The smallest absolute Gasteiger partial charge is 0.188 e. The average Bonchev–Trinajstić information content (AvgIpc) is 2.52. The molecule has 2 rings (SSSR count). The maximum atomic E-state index is 11.9. The highest BCUT2D eigenvalue weighted by Gasteiger charge is 2.06. The lowest BCUT2D eigenvalue weighted by Gasteiger charge is -2.05. The van der Waals surface area contributed by atoms with E-state index in [0.29, 0.717) is 17.9 Å². The summed E-state index contributed by atoms with van der Waals surface area (Å²) >= 11 is 0. The molecule has 0 spiro atoms. The number of methoxy groups -OCH3 is 1. The molecule has 3 nitrogen and oxygen atoms in total. The van der Waals surface area contributed by atoms with Gasteiger partial charge in [0.25, 0.3) is 0 Å². The minimum Gasteiger partial charge on any atom is -0.497 e. The van der Waals surface area contributed by atoms with Gasteiger partial charge in [-0.25, -0.2) is 0 Å². The number of hydrogen-bond donors (Lipinski definition) is 0. The molecule has 2 aromatic carbocycles. The highest BCUT2D eigenvalue weighted by Crippen LogP contribution is 2.13. The summed E-state index contributed by atoms with van der Waals surface area (Å²) in [5, 5.41) is 0. The van der Waals surface area contributed by atoms with Crippen LogP contribution in [0.1, 0.15) is 15.9 Å². The predicted octanol–water partition coefficient (Wildman–Crippen LogP) is 3.14. The summed E-state index contributed by atoms with van der Waals surface area (Å²) in [7, 11) is 1.58. The number of rotatable bonds is 7. The lowest BCUT2D eigenvalue weighted by molar-refractivity contribution is 0.0765. The fraction of sp³-hybridized carbons (Fsp3) is 0.235. The third kappa shape index (κ3) is 4.21. The lowest BCUT2D eigenvalue weighted by atomic mass is 10.1. The van der Waals surface area contributed by atoms with Gasteiger partial charge in [0.1, 0.15) is 12.4 Å². The van der Waals surface area contributed by atoms with Gasteiger partial charge in [-0.05, 0) is 24.1 Å². The van der Waals surface area contributed by atoms with E-state index in [1.165, 1.54) is 5.56 Å². The molecule has 0 aromatic heterocycles. The maximum absolute atomic E-state index is 11.9. The zero-order valence-electron chi connectivity index (χ0n) is 11.5. The molecule has 0 atom stereocenters. The van der Waals surface area contributed by atoms with Crippen molar-refractivity contribution in [3.05, 3.63) is 65.7 Å². The molecule has 20 heavy (non-hydrogen) atoms. The summed E-state index contributed by atoms with van der Waals surface area (Å²) in [4.78, 5) is 11.9. The van der Waals surface area contributed by atoms with Crippen LogP contribution < -0.4 is 4.74 Å². The predicted molar refractivity (Wildman–Crippen MR) is 78.3 cm³/mol. The minimum atomic E-state index is -0.0306. The van der Waals surface area contributed by atoms with Gasteiger partial charge in [0, 0.05) is 5.56 Å². The molecule has 0 saturated heterocycles. The third-order valence-electron chi connectivity index (χ3n) is 3.00. The van der Waals surface area contributed by atoms with Crippen LogP contribution in [0.15, 0.2) is 54.6 Å². The number of ether oxygens (including phenoxy) is 2. The summed E-state index contributed by atoms with van der Waals surface area (Å²) in [6.45, 7) is 0.639. The van der Waals surface area contributed by atoms with Crippen molar-refractivity contribution >= 4 is 5.78 Å². The van der Waals surface area contributed by atoms with Crippen LogP contribution in [0.3, 0.4) is 0 Å². The fourth-order valence-electron chi connectivity index (χ4n) is 1.88. The van der Waals surface area contributed by atoms with Crippen molar-refractivity contribution in [3.8, 4) is 5.75 Å². The molecule has 104 valence electrons. The third-order valence-corrected chi connectivity index (χ3v) is 3.00. The Morgan fingerprint density at radius 1 is 1.05 bits per heavy atom. The molecule has 0 heterocycles. The second-order valence-electron chi connectivity index (χ2n) is 4.44. The van der Waals surface area contributed by atoms with Crippen LogP contribution in [0.4, 0.5) is 0 Å². The molecule has 0 saturated carbocycles. The Hall–Kier alpha value is -2.13. The van der Waals surface area contributed by atoms with Gasteiger partial charge in [-0.2, -0.15) is 0 Å². The zero-order valence-corrected chi connectivity index (χ0v) is 11.5. The number of carbonyl (C=O) groups excluding carboxylic acids is 1. The Morgan fingerprint density at radius 2 is 1.85 bits per heavy atom. The fourth-order valence-corrected chi connectivity index (χ4v) is 1.88. The van der Waals surface area contributed by atoms with Gasteiger partial charge in [-0.1, -0.05) is 42.5 Å². The van der Waals surface area contributed by atoms with E-state index in [-0.39, 0.29) is 12.4 Å². The number of ketones is 1. The Morgan fingerprint density at radius 3 is 2.60 bits per heavy atom. The summed E-state index contributed by atoms with van der Waals surface area (Å²) in [5.41, 5.74) is 1.82. The van der Waals surface area contributed by atoms with Crippen molar-refractivity contribution in [2.24, 2.45) is 0 Å². The van der Waals surface area contributed by atoms with Gasteiger partial charge >= 0.3 is 0 Å². The standard InChI is InChI=1S/C17H18O3/c1-19-16-9-5-8-15(12-16)17(18)13-20-11-10-14-6-3-2-4-7-14/h2-9,12H,10-11,13H2,1H3. The number of hydrogen-bond acceptors (Lipinski definition) is 3. The van der Waals surface area contributed by atoms with Gasteiger partial charge in [0.15, 0.2) is 5.78 Å². The first kappa shape index (κ1) is 14.3. The van der Waals surface area contributed by atoms with Crippen LogP contribution in [0.25, 0.3) is 0 Å². The van der Waals surface area contributed by atoms with Crippen LogP contribution in [-0.2, 0) is 11.2 Å². The van der Waals surface area contributed by atoms with Crippen LogP contribution in [0.2, 0.25) is 0 Å². The van der Waals surface area contributed by atoms with E-state index < -0.39 is 0 Å². The van der Waals surface area contributed by atoms with Crippen molar-refractivity contribution < 1.29 is 14.3 Å². The molecule has 0 aliphatic heterocycles. The molecule has 2 aromatic rings. The Bertz CT molecular complexity index is 549. The molecule has 0 fully saturated rings. The van der Waals surface area contributed by atoms with Crippen molar-refractivity contribution in [2.75, 3.05) is 20.3 Å². The molecule has 0 aliphatic rings. The summed E-state index contributed by atoms with van der Waals surface area (Å²) in [5.74, 6) is 0.650. The minimum absolute atomic E-state index is 0.0306. The van der Waals surface area contributed by atoms with Crippen molar-refractivity contribution in [3.63, 3.8) is 0 Å². The topological polar surface area (TPSA) is 35.5 Å². The van der Waals surface area contributed by atoms with E-state index in [1.54, 1.807) is 25.3 Å². The molecular weight excluding hydrogens is 252 g/mol. The summed E-state index contributed by atoms with van der Waals surface area (Å²) in [6, 6.07) is 17.2. The summed E-state index contributed by atoms with van der Waals surface area (Å²) < 4.78 is 10.5. The quantitative estimate of drug-likeness (QED) is 0.573. The normalized spacial score (nSPS) is 10.2. The Kier molecular flexibility index (Phi) is 5.33. The largest absolute Gasteiger partial charge is 0.497 e. The SMILES string of the molecule is COc1cccc(C(=O)COCCc2ccccc2)c1. The Balaban J connectivity index is 1.77. The van der Waals surface area contributed by atoms with Crippen LogP contribution in [0, 0.1) is 0 Å². The molecule has 0 amide bonds. The van der Waals surface area contributed by atoms with Gasteiger partial charge < -0.3 is 9.47 Å². The first-order valence-corrected chi connectivity index (χ1v) is 6.58. The second-order valence-corrected chi connectivity index (χ2v) is 4.44. The van der Waals surface area contributed by atoms with E-state index in [4.69, 9.17) is 9.47 Å². The second kappa shape index (κ2) is 7.46. The van der Waals surface area contributed by atoms with Crippen LogP contribution in [-0.4, -0.2) is 26.1 Å². The van der Waals surface area contributed by atoms with E-state index >= 15 is 0 Å². The van der Waals surface area contributed by atoms with Gasteiger partial charge in [-0.3, -0.25) is 4.79 Å². The molecule has 3 heteroatoms. The van der Waals surface area contributed by atoms with Crippen molar-refractivity contribution in [1.82, 2.24) is 0 Å². The first-order valence-electron chi connectivity index (χ1n) is 6.58. The van der Waals surface area contributed by atoms with Gasteiger partial charge in [0.05, 0.1) is 13.7 Å². The van der Waals surface area contributed by atoms with E-state index in [2.05, 4.69) is 0 Å². The van der Waals surface area contributed by atoms with Crippen LogP contribution in [0.5, 0.6) is 5.75 Å². The molecule has 0 aliphatic carbocycles. The van der Waals surface area contributed by atoms with Crippen molar-refractivity contribution in [2.45, 2.75) is 6.42 Å². The molecule has 0 N–H and O–H groups in total. The maximum Gasteiger partial charge on any atom is 0.188 e. The summed E-state index contributed by atoms with van der Waals surface area (Å²) in [6.07, 6.45) is 0.812. The van der Waals surface area contributed by atoms with Crippen LogP contribution >= 0.6 is 0 Å². The number of carbonyl (C=O) groups is 1. The highest BCUT2D eigenvalue weighted by atomic mass is 16.5. The van der Waals surface area contributed by atoms with Gasteiger partial charge in [0.2, 0.25) is 0 Å². The molecule has 0 unspecified atom stereocenters. The molecular formula is C17H18O3. The van der Waals surface area contributed by atoms with Gasteiger partial charge in [-0.15, -0.1) is 0 Å². The monoisotopic (exact) mass is 270 g/mol. The lowest BCUT2D eigenvalue weighted by Crippen LogP contribution is -2.11. The first-order chi connectivity index (χ1) is 9.79. The molecule has 0 radical (unpaired) electrons. The average molecular weight is 270 g/mol. The van der Waals surface area contributed by atoms with Crippen molar-refractivity contribution in [1.29, 1.82) is 0 Å². The zero-order chi connectivity index (χ0) is 14.2. The van der Waals surface area contributed by atoms with E-state index in [1.807, 2.05) is 36.4 Å². The van der Waals surface area contributed by atoms with E-state index in [0.717, 1.165) is 6.42 Å². The van der Waals surface area contributed by atoms with E-state index in [9.17, 15) is 4.79 Å². The Labute approximate surface area is 119 Å². The number of Topliss-reactive ketones (excluding diaryl/α,β-unsaturated/α-hetero) is 1.